The highest BCUT2D eigenvalue weighted by atomic mass is 79.9. The minimum absolute atomic E-state index is 0.126. The zero-order valence-electron chi connectivity index (χ0n) is 11.0. The molecule has 1 atom stereocenters. The van der Waals surface area contributed by atoms with Gasteiger partial charge in [-0.05, 0) is 41.2 Å². The van der Waals surface area contributed by atoms with E-state index in [0.717, 1.165) is 0 Å². The van der Waals surface area contributed by atoms with Gasteiger partial charge in [0.25, 0.3) is 0 Å². The summed E-state index contributed by atoms with van der Waals surface area (Å²) < 4.78 is 32.7. The number of nitrogens with one attached hydrogen (secondary N) is 1. The molecule has 0 aliphatic carbocycles. The number of ether oxygens (including phenoxy) is 1. The van der Waals surface area contributed by atoms with E-state index < -0.39 is 10.0 Å². The number of likely N-dealkylation sites (N-methyl/N-ethyl adjacent to an activating group) is 1. The molecule has 0 saturated carbocycles. The molecule has 20 heavy (non-hydrogen) atoms. The molecule has 8 heteroatoms. The van der Waals surface area contributed by atoms with Crippen LogP contribution in [0.15, 0.2) is 27.6 Å². The highest BCUT2D eigenvalue weighted by Gasteiger charge is 2.30. The molecule has 1 unspecified atom stereocenters. The molecule has 2 rings (SSSR count). The molecule has 1 aliphatic rings. The first kappa shape index (κ1) is 16.2. The minimum atomic E-state index is -3.52. The Morgan fingerprint density at radius 1 is 1.55 bits per heavy atom. The molecule has 0 aromatic heterocycles. The zero-order chi connectivity index (χ0) is 14.8. The summed E-state index contributed by atoms with van der Waals surface area (Å²) in [6.45, 7) is 1.74. The molecule has 0 spiro atoms. The molecule has 0 radical (unpaired) electrons. The molecular formula is C12H16BrClN2O3S. The molecule has 5 nitrogen and oxygen atoms in total. The van der Waals surface area contributed by atoms with Crippen molar-refractivity contribution in [3.8, 4) is 0 Å². The van der Waals surface area contributed by atoms with Crippen molar-refractivity contribution in [3.63, 3.8) is 0 Å². The van der Waals surface area contributed by atoms with Crippen LogP contribution >= 0.6 is 27.5 Å². The van der Waals surface area contributed by atoms with Crippen LogP contribution in [-0.4, -0.2) is 52.1 Å². The second-order valence-corrected chi connectivity index (χ2v) is 7.69. The van der Waals surface area contributed by atoms with Gasteiger partial charge in [0.15, 0.2) is 0 Å². The molecule has 1 saturated heterocycles. The van der Waals surface area contributed by atoms with Gasteiger partial charge in [-0.25, -0.2) is 8.42 Å². The van der Waals surface area contributed by atoms with Crippen molar-refractivity contribution in [1.29, 1.82) is 0 Å². The first-order chi connectivity index (χ1) is 9.45. The summed E-state index contributed by atoms with van der Waals surface area (Å²) in [5.41, 5.74) is 0. The van der Waals surface area contributed by atoms with Crippen molar-refractivity contribution in [2.45, 2.75) is 11.0 Å². The third-order valence-electron chi connectivity index (χ3n) is 3.06. The normalized spacial score (nSPS) is 21.1. The van der Waals surface area contributed by atoms with Crippen LogP contribution in [0.25, 0.3) is 0 Å². The van der Waals surface area contributed by atoms with Crippen LogP contribution in [0.5, 0.6) is 0 Å². The summed E-state index contributed by atoms with van der Waals surface area (Å²) in [6.07, 6.45) is -0.126. The highest BCUT2D eigenvalue weighted by Crippen LogP contribution is 2.27. The second kappa shape index (κ2) is 6.72. The number of rotatable bonds is 4. The Morgan fingerprint density at radius 2 is 2.30 bits per heavy atom. The fourth-order valence-electron chi connectivity index (χ4n) is 2.05. The summed E-state index contributed by atoms with van der Waals surface area (Å²) in [4.78, 5) is 0.235. The van der Waals surface area contributed by atoms with Crippen molar-refractivity contribution >= 4 is 37.6 Å². The molecule has 1 fully saturated rings. The number of hydrogen-bond acceptors (Lipinski definition) is 4. The average Bonchev–Trinajstić information content (AvgIpc) is 2.42. The standard InChI is InChI=1S/C12H16BrClN2O3S/c1-15-7-9-8-16(4-5-19-9)20(17,18)10-2-3-12(14)11(13)6-10/h2-3,6,9,15H,4-5,7-8H2,1H3. The zero-order valence-corrected chi connectivity index (χ0v) is 14.1. The van der Waals surface area contributed by atoms with Gasteiger partial charge >= 0.3 is 0 Å². The van der Waals surface area contributed by atoms with Gasteiger partial charge in [-0.1, -0.05) is 11.6 Å². The number of morpholine rings is 1. The topological polar surface area (TPSA) is 58.6 Å². The fraction of sp³-hybridized carbons (Fsp3) is 0.500. The Labute approximate surface area is 132 Å². The van der Waals surface area contributed by atoms with Gasteiger partial charge in [0.1, 0.15) is 0 Å². The molecule has 0 amide bonds. The maximum Gasteiger partial charge on any atom is 0.243 e. The highest BCUT2D eigenvalue weighted by molar-refractivity contribution is 9.10. The van der Waals surface area contributed by atoms with Gasteiger partial charge in [-0.3, -0.25) is 0 Å². The van der Waals surface area contributed by atoms with Gasteiger partial charge in [0.05, 0.1) is 22.6 Å². The van der Waals surface area contributed by atoms with Gasteiger partial charge < -0.3 is 10.1 Å². The maximum absolute atomic E-state index is 12.6. The van der Waals surface area contributed by atoms with Crippen molar-refractivity contribution in [2.75, 3.05) is 33.3 Å². The average molecular weight is 384 g/mol. The van der Waals surface area contributed by atoms with Crippen LogP contribution in [0, 0.1) is 0 Å². The molecule has 0 bridgehead atoms. The van der Waals surface area contributed by atoms with Crippen molar-refractivity contribution in [1.82, 2.24) is 9.62 Å². The number of hydrogen-bond donors (Lipinski definition) is 1. The predicted molar refractivity (Wildman–Crippen MR) is 81.6 cm³/mol. The maximum atomic E-state index is 12.6. The number of benzene rings is 1. The largest absolute Gasteiger partial charge is 0.374 e. The third kappa shape index (κ3) is 3.52. The van der Waals surface area contributed by atoms with Crippen molar-refractivity contribution in [3.05, 3.63) is 27.7 Å². The second-order valence-electron chi connectivity index (χ2n) is 4.49. The lowest BCUT2D eigenvalue weighted by atomic mass is 10.3. The molecule has 1 aromatic rings. The number of halogens is 2. The van der Waals surface area contributed by atoms with Crippen molar-refractivity contribution in [2.24, 2.45) is 0 Å². The van der Waals surface area contributed by atoms with Crippen LogP contribution in [0.4, 0.5) is 0 Å². The summed E-state index contributed by atoms with van der Waals surface area (Å²) in [6, 6.07) is 4.62. The van der Waals surface area contributed by atoms with Gasteiger partial charge in [0, 0.05) is 24.1 Å². The molecular weight excluding hydrogens is 368 g/mol. The Bertz CT molecular complexity index is 580. The van der Waals surface area contributed by atoms with Crippen LogP contribution in [-0.2, 0) is 14.8 Å². The number of nitrogens with zero attached hydrogens (tertiary/aromatic N) is 1. The van der Waals surface area contributed by atoms with E-state index in [1.54, 1.807) is 6.07 Å². The third-order valence-corrected chi connectivity index (χ3v) is 6.14. The van der Waals surface area contributed by atoms with E-state index in [1.807, 2.05) is 7.05 Å². The van der Waals surface area contributed by atoms with Gasteiger partial charge in [0.2, 0.25) is 10.0 Å². The van der Waals surface area contributed by atoms with E-state index in [9.17, 15) is 8.42 Å². The number of sulfonamides is 1. The van der Waals surface area contributed by atoms with Gasteiger partial charge in [-0.15, -0.1) is 0 Å². The van der Waals surface area contributed by atoms with E-state index in [2.05, 4.69) is 21.2 Å². The Hall–Kier alpha value is -0.180. The monoisotopic (exact) mass is 382 g/mol. The SMILES string of the molecule is CNCC1CN(S(=O)(=O)c2ccc(Cl)c(Br)c2)CCO1. The summed E-state index contributed by atoms with van der Waals surface area (Å²) in [7, 11) is -1.70. The quantitative estimate of drug-likeness (QED) is 0.860. The van der Waals surface area contributed by atoms with E-state index in [1.165, 1.54) is 16.4 Å². The van der Waals surface area contributed by atoms with Crippen molar-refractivity contribution < 1.29 is 13.2 Å². The van der Waals surface area contributed by atoms with Crippen LogP contribution in [0.2, 0.25) is 5.02 Å². The fourth-order valence-corrected chi connectivity index (χ4v) is 4.18. The Morgan fingerprint density at radius 3 is 2.95 bits per heavy atom. The van der Waals surface area contributed by atoms with E-state index >= 15 is 0 Å². The van der Waals surface area contributed by atoms with E-state index in [4.69, 9.17) is 16.3 Å². The molecule has 1 N–H and O–H groups in total. The summed E-state index contributed by atoms with van der Waals surface area (Å²) in [5, 5.41) is 3.48. The Balaban J connectivity index is 2.23. The molecule has 1 aliphatic heterocycles. The van der Waals surface area contributed by atoms with Gasteiger partial charge in [-0.2, -0.15) is 4.31 Å². The lowest BCUT2D eigenvalue weighted by Crippen LogP contribution is -2.48. The first-order valence-corrected chi connectivity index (χ1v) is 8.77. The van der Waals surface area contributed by atoms with Crippen LogP contribution in [0.1, 0.15) is 0 Å². The molecule has 1 aromatic carbocycles. The van der Waals surface area contributed by atoms with E-state index in [-0.39, 0.29) is 11.0 Å². The van der Waals surface area contributed by atoms with E-state index in [0.29, 0.717) is 35.7 Å². The first-order valence-electron chi connectivity index (χ1n) is 6.16. The smallest absolute Gasteiger partial charge is 0.243 e. The summed E-state index contributed by atoms with van der Waals surface area (Å²) >= 11 is 9.15. The van der Waals surface area contributed by atoms with Crippen LogP contribution in [0.3, 0.4) is 0 Å². The molecule has 112 valence electrons. The molecule has 1 heterocycles. The van der Waals surface area contributed by atoms with Crippen LogP contribution < -0.4 is 5.32 Å². The summed E-state index contributed by atoms with van der Waals surface area (Å²) in [5.74, 6) is 0. The minimum Gasteiger partial charge on any atom is -0.374 e. The lowest BCUT2D eigenvalue weighted by molar-refractivity contribution is 0.000823. The lowest BCUT2D eigenvalue weighted by Gasteiger charge is -2.32. The Kier molecular flexibility index (Phi) is 5.44. The predicted octanol–water partition coefficient (Wildman–Crippen LogP) is 1.71.